The molecular weight excluding hydrogens is 452 g/mol. The molecule has 0 aliphatic rings. The number of rotatable bonds is 19. The van der Waals surface area contributed by atoms with Gasteiger partial charge in [0.05, 0.1) is 0 Å². The van der Waals surface area contributed by atoms with Crippen LogP contribution in [0.1, 0.15) is 70.6 Å². The maximum absolute atomic E-state index is 11.9. The summed E-state index contributed by atoms with van der Waals surface area (Å²) in [7, 11) is 1.59. The lowest BCUT2D eigenvalue weighted by atomic mass is 10.1. The van der Waals surface area contributed by atoms with Gasteiger partial charge in [0.2, 0.25) is 11.8 Å². The molecule has 0 aromatic carbocycles. The van der Waals surface area contributed by atoms with E-state index in [4.69, 9.17) is 10.2 Å². The van der Waals surface area contributed by atoms with Crippen molar-refractivity contribution in [3.05, 3.63) is 0 Å². The number of carboxylic acid groups (broad SMARTS) is 3. The van der Waals surface area contributed by atoms with Crippen molar-refractivity contribution in [2.75, 3.05) is 13.6 Å². The van der Waals surface area contributed by atoms with Crippen molar-refractivity contribution in [3.8, 4) is 0 Å². The summed E-state index contributed by atoms with van der Waals surface area (Å²) in [5.41, 5.74) is 0. The molecule has 0 bridgehead atoms. The van der Waals surface area contributed by atoms with Crippen LogP contribution in [0, 0.1) is 0 Å². The highest BCUT2D eigenvalue weighted by Crippen LogP contribution is 2.06. The zero-order valence-corrected chi connectivity index (χ0v) is 19.4. The first-order valence-corrected chi connectivity index (χ1v) is 11.3. The van der Waals surface area contributed by atoms with Crippen LogP contribution in [0.3, 0.4) is 0 Å². The molecule has 0 saturated carbocycles. The Balaban J connectivity index is 4.11. The van der Waals surface area contributed by atoms with Gasteiger partial charge in [-0.15, -0.1) is 0 Å². The molecule has 4 amide bonds. The summed E-state index contributed by atoms with van der Waals surface area (Å²) in [4.78, 5) is 67.9. The Morgan fingerprint density at radius 3 is 1.68 bits per heavy atom. The van der Waals surface area contributed by atoms with Crippen LogP contribution in [0.25, 0.3) is 0 Å². The van der Waals surface area contributed by atoms with E-state index in [0.717, 1.165) is 19.3 Å². The normalized spacial score (nSPS) is 12.1. The zero-order chi connectivity index (χ0) is 25.9. The summed E-state index contributed by atoms with van der Waals surface area (Å²) in [6.07, 6.45) is 4.17. The Morgan fingerprint density at radius 2 is 1.18 bits per heavy atom. The van der Waals surface area contributed by atoms with Crippen molar-refractivity contribution in [1.29, 1.82) is 0 Å². The third-order valence-corrected chi connectivity index (χ3v) is 4.93. The van der Waals surface area contributed by atoms with Gasteiger partial charge in [-0.05, 0) is 38.5 Å². The summed E-state index contributed by atoms with van der Waals surface area (Å²) in [5.74, 6) is -4.06. The molecule has 0 saturated heterocycles. The first kappa shape index (κ1) is 30.6. The van der Waals surface area contributed by atoms with E-state index in [1.807, 2.05) is 0 Å². The maximum Gasteiger partial charge on any atom is 0.326 e. The van der Waals surface area contributed by atoms with Gasteiger partial charge in [-0.2, -0.15) is 0 Å². The highest BCUT2D eigenvalue weighted by Gasteiger charge is 2.24. The van der Waals surface area contributed by atoms with Crippen molar-refractivity contribution >= 4 is 35.8 Å². The first-order valence-electron chi connectivity index (χ1n) is 11.3. The Labute approximate surface area is 198 Å². The monoisotopic (exact) mass is 488 g/mol. The van der Waals surface area contributed by atoms with E-state index in [9.17, 15) is 33.9 Å². The van der Waals surface area contributed by atoms with E-state index in [1.165, 1.54) is 0 Å². The third kappa shape index (κ3) is 16.3. The molecule has 0 heterocycles. The van der Waals surface area contributed by atoms with Crippen molar-refractivity contribution < 1.29 is 44.1 Å². The van der Waals surface area contributed by atoms with Crippen LogP contribution < -0.4 is 21.3 Å². The van der Waals surface area contributed by atoms with Gasteiger partial charge in [0.1, 0.15) is 12.1 Å². The minimum Gasteiger partial charge on any atom is -0.481 e. The number of urea groups is 1. The molecule has 7 N–H and O–H groups in total. The minimum absolute atomic E-state index is 0.00101. The number of carboxylic acids is 3. The fraction of sp³-hybridized carbons (Fsp3) is 0.714. The number of carbonyl (C=O) groups excluding carboxylic acids is 3. The standard InChI is InChI=1S/C21H36N4O9/c1-22-16(26)9-4-2-3-5-10-17(27)23-13-7-6-8-14(19(30)31)24-21(34)25-15(20(32)33)11-12-18(28)29/h14-15H,2-13H2,1H3,(H,22,26)(H,23,27)(H,28,29)(H,30,31)(H,32,33)(H2,24,25,34). The number of hydrogen-bond donors (Lipinski definition) is 7. The molecule has 0 aromatic heterocycles. The summed E-state index contributed by atoms with van der Waals surface area (Å²) in [5, 5.41) is 36.5. The SMILES string of the molecule is CNC(=O)CCCCCCC(=O)NCCCCC(NC(=O)NC(CCC(=O)O)C(=O)O)C(=O)O. The van der Waals surface area contributed by atoms with Crippen LogP contribution >= 0.6 is 0 Å². The second-order valence-electron chi connectivity index (χ2n) is 7.76. The molecule has 0 spiro atoms. The van der Waals surface area contributed by atoms with Gasteiger partial charge < -0.3 is 36.6 Å². The van der Waals surface area contributed by atoms with Crippen molar-refractivity contribution in [2.45, 2.75) is 82.7 Å². The molecule has 0 aromatic rings. The number of unbranched alkanes of at least 4 members (excludes halogenated alkanes) is 4. The largest absolute Gasteiger partial charge is 0.481 e. The number of aliphatic carboxylic acids is 3. The highest BCUT2D eigenvalue weighted by atomic mass is 16.4. The molecule has 34 heavy (non-hydrogen) atoms. The predicted octanol–water partition coefficient (Wildman–Crippen LogP) is 0.430. The molecule has 2 unspecified atom stereocenters. The van der Waals surface area contributed by atoms with E-state index in [-0.39, 0.29) is 24.7 Å². The number of amides is 4. The average molecular weight is 489 g/mol. The van der Waals surface area contributed by atoms with Crippen LogP contribution in [-0.2, 0) is 24.0 Å². The topological polar surface area (TPSA) is 211 Å². The van der Waals surface area contributed by atoms with E-state index in [2.05, 4.69) is 21.3 Å². The lowest BCUT2D eigenvalue weighted by Crippen LogP contribution is -2.51. The summed E-state index contributed by atoms with van der Waals surface area (Å²) >= 11 is 0. The van der Waals surface area contributed by atoms with Crippen LogP contribution in [-0.4, -0.2) is 76.7 Å². The van der Waals surface area contributed by atoms with Gasteiger partial charge in [-0.25, -0.2) is 14.4 Å². The summed E-state index contributed by atoms with van der Waals surface area (Å²) in [6, 6.07) is -3.75. The molecule has 2 atom stereocenters. The van der Waals surface area contributed by atoms with Gasteiger partial charge in [0.25, 0.3) is 0 Å². The Hall–Kier alpha value is -3.38. The lowest BCUT2D eigenvalue weighted by Gasteiger charge is -2.18. The van der Waals surface area contributed by atoms with Gasteiger partial charge in [-0.3, -0.25) is 14.4 Å². The number of carbonyl (C=O) groups is 6. The first-order chi connectivity index (χ1) is 16.1. The van der Waals surface area contributed by atoms with Gasteiger partial charge in [-0.1, -0.05) is 12.8 Å². The lowest BCUT2D eigenvalue weighted by molar-refractivity contribution is -0.141. The second-order valence-corrected chi connectivity index (χ2v) is 7.76. The zero-order valence-electron chi connectivity index (χ0n) is 19.4. The van der Waals surface area contributed by atoms with E-state index in [0.29, 0.717) is 38.6 Å². The van der Waals surface area contributed by atoms with Crippen molar-refractivity contribution in [1.82, 2.24) is 21.3 Å². The number of nitrogens with one attached hydrogen (secondary N) is 4. The second kappa shape index (κ2) is 18.1. The van der Waals surface area contributed by atoms with E-state index >= 15 is 0 Å². The molecule has 0 aliphatic heterocycles. The van der Waals surface area contributed by atoms with Gasteiger partial charge >= 0.3 is 23.9 Å². The fourth-order valence-corrected chi connectivity index (χ4v) is 2.98. The summed E-state index contributed by atoms with van der Waals surface area (Å²) < 4.78 is 0. The molecular formula is C21H36N4O9. The Bertz CT molecular complexity index is 700. The Morgan fingerprint density at radius 1 is 0.647 bits per heavy atom. The fourth-order valence-electron chi connectivity index (χ4n) is 2.98. The van der Waals surface area contributed by atoms with Gasteiger partial charge in [0.15, 0.2) is 0 Å². The number of hydrogen-bond acceptors (Lipinski definition) is 6. The van der Waals surface area contributed by atoms with Gasteiger partial charge in [0, 0.05) is 32.9 Å². The van der Waals surface area contributed by atoms with Crippen molar-refractivity contribution in [2.24, 2.45) is 0 Å². The van der Waals surface area contributed by atoms with E-state index in [1.54, 1.807) is 7.05 Å². The molecule has 0 aliphatic carbocycles. The molecule has 0 fully saturated rings. The Kier molecular flexibility index (Phi) is 16.3. The predicted molar refractivity (Wildman–Crippen MR) is 120 cm³/mol. The smallest absolute Gasteiger partial charge is 0.326 e. The highest BCUT2D eigenvalue weighted by molar-refractivity contribution is 5.86. The average Bonchev–Trinajstić information content (AvgIpc) is 2.77. The summed E-state index contributed by atoms with van der Waals surface area (Å²) in [6.45, 7) is 0.352. The van der Waals surface area contributed by atoms with E-state index < -0.39 is 42.4 Å². The van der Waals surface area contributed by atoms with Crippen LogP contribution in [0.4, 0.5) is 4.79 Å². The quantitative estimate of drug-likeness (QED) is 0.125. The van der Waals surface area contributed by atoms with Crippen LogP contribution in [0.2, 0.25) is 0 Å². The maximum atomic E-state index is 11.9. The van der Waals surface area contributed by atoms with Crippen LogP contribution in [0.15, 0.2) is 0 Å². The minimum atomic E-state index is -1.46. The molecule has 13 nitrogen and oxygen atoms in total. The molecule has 194 valence electrons. The van der Waals surface area contributed by atoms with Crippen LogP contribution in [0.5, 0.6) is 0 Å². The molecule has 13 heteroatoms. The molecule has 0 rings (SSSR count). The van der Waals surface area contributed by atoms with Crippen molar-refractivity contribution in [3.63, 3.8) is 0 Å². The molecule has 0 radical (unpaired) electrons. The third-order valence-electron chi connectivity index (χ3n) is 4.93.